The van der Waals surface area contributed by atoms with Gasteiger partial charge in [0.25, 0.3) is 0 Å². The summed E-state index contributed by atoms with van der Waals surface area (Å²) in [6.07, 6.45) is 0. The van der Waals surface area contributed by atoms with Crippen LogP contribution in [-0.2, 0) is 0 Å². The molecule has 25 heavy (non-hydrogen) atoms. The van der Waals surface area contributed by atoms with Gasteiger partial charge < -0.3 is 0 Å². The number of Topliss-reactive ketones (excluding diaryl/α,β-unsaturated/α-hetero) is 1. The van der Waals surface area contributed by atoms with Crippen LogP contribution in [0.3, 0.4) is 0 Å². The number of carbonyl (C=O) groups excluding carboxylic acids is 1. The molecule has 3 aromatic rings. The lowest BCUT2D eigenvalue weighted by Gasteiger charge is -2.12. The van der Waals surface area contributed by atoms with Gasteiger partial charge in [-0.3, -0.25) is 4.79 Å². The van der Waals surface area contributed by atoms with Crippen LogP contribution < -0.4 is 0 Å². The van der Waals surface area contributed by atoms with E-state index in [0.717, 1.165) is 11.3 Å². The maximum absolute atomic E-state index is 12.6. The van der Waals surface area contributed by atoms with Gasteiger partial charge in [-0.1, -0.05) is 41.1 Å². The molecule has 1 aromatic heterocycles. The van der Waals surface area contributed by atoms with Gasteiger partial charge in [0.15, 0.2) is 5.78 Å². The normalized spacial score (nSPS) is 12.2. The fourth-order valence-corrected chi connectivity index (χ4v) is 3.51. The number of ketones is 1. The zero-order valence-corrected chi connectivity index (χ0v) is 15.7. The van der Waals surface area contributed by atoms with E-state index in [1.54, 1.807) is 28.9 Å². The summed E-state index contributed by atoms with van der Waals surface area (Å²) >= 11 is 7.22. The van der Waals surface area contributed by atoms with Crippen molar-refractivity contribution in [1.29, 1.82) is 0 Å². The number of nitrogens with zero attached hydrogens (tertiary/aromatic N) is 4. The maximum Gasteiger partial charge on any atom is 0.214 e. The summed E-state index contributed by atoms with van der Waals surface area (Å²) in [5.41, 5.74) is 3.78. The van der Waals surface area contributed by atoms with Crippen LogP contribution in [0.5, 0.6) is 0 Å². The van der Waals surface area contributed by atoms with Crippen molar-refractivity contribution < 1.29 is 4.79 Å². The molecular weight excluding hydrogens is 356 g/mol. The van der Waals surface area contributed by atoms with Gasteiger partial charge in [-0.15, -0.1) is 5.10 Å². The molecule has 0 aliphatic rings. The number of tetrazole rings is 1. The minimum atomic E-state index is -0.323. The number of thioether (sulfide) groups is 1. The van der Waals surface area contributed by atoms with Crippen molar-refractivity contribution >= 4 is 29.1 Å². The summed E-state index contributed by atoms with van der Waals surface area (Å²) in [6.45, 7) is 5.91. The van der Waals surface area contributed by atoms with Crippen molar-refractivity contribution in [3.8, 4) is 5.69 Å². The van der Waals surface area contributed by atoms with Gasteiger partial charge in [0.1, 0.15) is 0 Å². The molecule has 3 rings (SSSR count). The second-order valence-electron chi connectivity index (χ2n) is 5.79. The van der Waals surface area contributed by atoms with Gasteiger partial charge in [-0.2, -0.15) is 4.68 Å². The third kappa shape index (κ3) is 3.91. The SMILES string of the molecule is Cc1ccc(-n2nnnc2S[C@H](C)C(=O)c2ccc(Cl)cc2)c(C)c1. The predicted octanol–water partition coefficient (Wildman–Crippen LogP) is 4.30. The molecule has 0 amide bonds. The summed E-state index contributed by atoms with van der Waals surface area (Å²) in [6, 6.07) is 13.0. The summed E-state index contributed by atoms with van der Waals surface area (Å²) < 4.78 is 1.67. The molecule has 0 bridgehead atoms. The molecule has 0 N–H and O–H groups in total. The molecule has 0 saturated heterocycles. The van der Waals surface area contributed by atoms with E-state index in [4.69, 9.17) is 11.6 Å². The summed E-state index contributed by atoms with van der Waals surface area (Å²) in [7, 11) is 0. The summed E-state index contributed by atoms with van der Waals surface area (Å²) in [5.74, 6) is 0.0110. The lowest BCUT2D eigenvalue weighted by Crippen LogP contribution is -2.14. The van der Waals surface area contributed by atoms with Crippen LogP contribution in [0.15, 0.2) is 47.6 Å². The molecule has 0 radical (unpaired) electrons. The number of aryl methyl sites for hydroxylation is 2. The Morgan fingerprint density at radius 2 is 1.88 bits per heavy atom. The molecule has 0 aliphatic carbocycles. The molecule has 7 heteroatoms. The van der Waals surface area contributed by atoms with Crippen LogP contribution in [0.1, 0.15) is 28.4 Å². The van der Waals surface area contributed by atoms with Crippen LogP contribution in [0.25, 0.3) is 5.69 Å². The van der Waals surface area contributed by atoms with E-state index in [-0.39, 0.29) is 11.0 Å². The van der Waals surface area contributed by atoms with E-state index in [2.05, 4.69) is 21.6 Å². The fourth-order valence-electron chi connectivity index (χ4n) is 2.51. The average Bonchev–Trinajstić information content (AvgIpc) is 3.02. The first kappa shape index (κ1) is 17.6. The topological polar surface area (TPSA) is 60.7 Å². The number of hydrogen-bond donors (Lipinski definition) is 0. The molecule has 0 saturated carbocycles. The first-order valence-electron chi connectivity index (χ1n) is 7.78. The van der Waals surface area contributed by atoms with Crippen molar-refractivity contribution in [3.05, 3.63) is 64.2 Å². The van der Waals surface area contributed by atoms with E-state index >= 15 is 0 Å². The smallest absolute Gasteiger partial charge is 0.214 e. The van der Waals surface area contributed by atoms with Gasteiger partial charge in [0, 0.05) is 10.6 Å². The molecule has 0 fully saturated rings. The highest BCUT2D eigenvalue weighted by Crippen LogP contribution is 2.27. The second kappa shape index (κ2) is 7.37. The Morgan fingerprint density at radius 3 is 2.56 bits per heavy atom. The lowest BCUT2D eigenvalue weighted by molar-refractivity contribution is 0.0994. The molecule has 1 heterocycles. The van der Waals surface area contributed by atoms with Crippen molar-refractivity contribution in [3.63, 3.8) is 0 Å². The van der Waals surface area contributed by atoms with Gasteiger partial charge >= 0.3 is 0 Å². The molecule has 1 atom stereocenters. The van der Waals surface area contributed by atoms with E-state index in [9.17, 15) is 4.79 Å². The molecule has 0 unspecified atom stereocenters. The maximum atomic E-state index is 12.6. The molecule has 0 aliphatic heterocycles. The van der Waals surface area contributed by atoms with Crippen LogP contribution in [0.2, 0.25) is 5.02 Å². The summed E-state index contributed by atoms with van der Waals surface area (Å²) in [4.78, 5) is 12.6. The largest absolute Gasteiger partial charge is 0.293 e. The summed E-state index contributed by atoms with van der Waals surface area (Å²) in [5, 5.41) is 12.8. The molecular formula is C18H17ClN4OS. The predicted molar refractivity (Wildman–Crippen MR) is 99.7 cm³/mol. The standard InChI is InChI=1S/C18H17ClN4OS/c1-11-4-9-16(12(2)10-11)23-18(20-21-22-23)25-13(3)17(24)14-5-7-15(19)8-6-14/h4-10,13H,1-3H3/t13-/m1/s1. The van der Waals surface area contributed by atoms with Gasteiger partial charge in [0.2, 0.25) is 5.16 Å². The lowest BCUT2D eigenvalue weighted by atomic mass is 10.1. The van der Waals surface area contributed by atoms with Crippen LogP contribution in [-0.4, -0.2) is 31.2 Å². The van der Waals surface area contributed by atoms with E-state index < -0.39 is 0 Å². The molecule has 128 valence electrons. The highest BCUT2D eigenvalue weighted by atomic mass is 35.5. The molecule has 2 aromatic carbocycles. The van der Waals surface area contributed by atoms with Crippen LogP contribution >= 0.6 is 23.4 Å². The Hall–Kier alpha value is -2.18. The first-order chi connectivity index (χ1) is 12.0. The zero-order chi connectivity index (χ0) is 18.0. The monoisotopic (exact) mass is 372 g/mol. The molecule has 0 spiro atoms. The van der Waals surface area contributed by atoms with Crippen LogP contribution in [0, 0.1) is 13.8 Å². The minimum Gasteiger partial charge on any atom is -0.293 e. The van der Waals surface area contributed by atoms with E-state index in [1.165, 1.54) is 17.3 Å². The minimum absolute atomic E-state index is 0.0110. The third-order valence-corrected chi connectivity index (χ3v) is 5.09. The number of hydrogen-bond acceptors (Lipinski definition) is 5. The quantitative estimate of drug-likeness (QED) is 0.493. The Kier molecular flexibility index (Phi) is 5.20. The Morgan fingerprint density at radius 1 is 1.16 bits per heavy atom. The number of aromatic nitrogens is 4. The number of carbonyl (C=O) groups is 1. The highest BCUT2D eigenvalue weighted by molar-refractivity contribution is 8.00. The van der Waals surface area contributed by atoms with Crippen LogP contribution in [0.4, 0.5) is 0 Å². The van der Waals surface area contributed by atoms with Crippen molar-refractivity contribution in [2.45, 2.75) is 31.2 Å². The number of rotatable bonds is 5. The Balaban J connectivity index is 1.83. The fraction of sp³-hybridized carbons (Fsp3) is 0.222. The Labute approximate surface area is 155 Å². The third-order valence-electron chi connectivity index (χ3n) is 3.80. The van der Waals surface area contributed by atoms with Gasteiger partial charge in [-0.05, 0) is 67.1 Å². The number of halogens is 1. The zero-order valence-electron chi connectivity index (χ0n) is 14.1. The van der Waals surface area contributed by atoms with Gasteiger partial charge in [0.05, 0.1) is 10.9 Å². The van der Waals surface area contributed by atoms with E-state index in [0.29, 0.717) is 15.7 Å². The highest BCUT2D eigenvalue weighted by Gasteiger charge is 2.21. The number of benzene rings is 2. The first-order valence-corrected chi connectivity index (χ1v) is 9.04. The van der Waals surface area contributed by atoms with Crippen molar-refractivity contribution in [2.24, 2.45) is 0 Å². The van der Waals surface area contributed by atoms with Crippen molar-refractivity contribution in [1.82, 2.24) is 20.2 Å². The average molecular weight is 373 g/mol. The van der Waals surface area contributed by atoms with E-state index in [1.807, 2.05) is 32.9 Å². The van der Waals surface area contributed by atoms with Crippen molar-refractivity contribution in [2.75, 3.05) is 0 Å². The Bertz CT molecular complexity index is 908. The molecule has 5 nitrogen and oxygen atoms in total. The van der Waals surface area contributed by atoms with Gasteiger partial charge in [-0.25, -0.2) is 0 Å². The second-order valence-corrected chi connectivity index (χ2v) is 7.54.